The molecule has 3 heteroatoms. The first kappa shape index (κ1) is 15.5. The summed E-state index contributed by atoms with van der Waals surface area (Å²) in [6.45, 7) is 4.22. The van der Waals surface area contributed by atoms with E-state index in [0.29, 0.717) is 0 Å². The van der Waals surface area contributed by atoms with Gasteiger partial charge in [-0.25, -0.2) is 4.98 Å². The lowest BCUT2D eigenvalue weighted by atomic mass is 10.1. The van der Waals surface area contributed by atoms with Gasteiger partial charge in [-0.2, -0.15) is 0 Å². The Morgan fingerprint density at radius 1 is 1.14 bits per heavy atom. The van der Waals surface area contributed by atoms with Gasteiger partial charge in [-0.3, -0.25) is 0 Å². The van der Waals surface area contributed by atoms with Crippen molar-refractivity contribution in [1.29, 1.82) is 0 Å². The van der Waals surface area contributed by atoms with Crippen molar-refractivity contribution in [2.45, 2.75) is 70.9 Å². The predicted molar refractivity (Wildman–Crippen MR) is 91.0 cm³/mol. The highest BCUT2D eigenvalue weighted by Gasteiger charge is 2.24. The van der Waals surface area contributed by atoms with Crippen LogP contribution in [-0.4, -0.2) is 16.2 Å². The van der Waals surface area contributed by atoms with Crippen LogP contribution in [0.2, 0.25) is 0 Å². The number of nitrogens with zero attached hydrogens (tertiary/aromatic N) is 2. The van der Waals surface area contributed by atoms with Crippen LogP contribution < -0.4 is 0 Å². The Hall–Kier alpha value is -1.35. The molecular formula is C19H28N2O. The molecule has 1 saturated heterocycles. The summed E-state index contributed by atoms with van der Waals surface area (Å²) in [5.41, 5.74) is 2.38. The average molecular weight is 300 g/mol. The molecule has 0 bridgehead atoms. The van der Waals surface area contributed by atoms with Gasteiger partial charge in [-0.1, -0.05) is 51.2 Å². The van der Waals surface area contributed by atoms with E-state index in [2.05, 4.69) is 35.8 Å². The van der Waals surface area contributed by atoms with Gasteiger partial charge in [-0.05, 0) is 31.4 Å². The van der Waals surface area contributed by atoms with Crippen molar-refractivity contribution in [3.8, 4) is 0 Å². The van der Waals surface area contributed by atoms with Crippen molar-refractivity contribution in [2.24, 2.45) is 0 Å². The number of ether oxygens (including phenoxy) is 1. The second-order valence-corrected chi connectivity index (χ2v) is 6.38. The molecule has 0 N–H and O–H groups in total. The second kappa shape index (κ2) is 7.77. The number of para-hydroxylation sites is 2. The molecule has 0 saturated carbocycles. The van der Waals surface area contributed by atoms with Crippen LogP contribution in [0.15, 0.2) is 24.3 Å². The zero-order valence-electron chi connectivity index (χ0n) is 13.8. The fourth-order valence-corrected chi connectivity index (χ4v) is 3.41. The van der Waals surface area contributed by atoms with Crippen molar-refractivity contribution in [3.05, 3.63) is 30.1 Å². The maximum atomic E-state index is 5.89. The molecule has 0 aliphatic carbocycles. The molecule has 1 aliphatic heterocycles. The number of hydrogen-bond donors (Lipinski definition) is 0. The molecule has 0 spiro atoms. The molecule has 1 fully saturated rings. The van der Waals surface area contributed by atoms with E-state index in [9.17, 15) is 0 Å². The first-order chi connectivity index (χ1) is 10.9. The van der Waals surface area contributed by atoms with E-state index in [1.165, 1.54) is 44.0 Å². The molecule has 120 valence electrons. The van der Waals surface area contributed by atoms with Gasteiger partial charge < -0.3 is 9.30 Å². The van der Waals surface area contributed by atoms with Crippen LogP contribution in [0.1, 0.15) is 70.2 Å². The summed E-state index contributed by atoms with van der Waals surface area (Å²) in [7, 11) is 0. The van der Waals surface area contributed by atoms with Crippen molar-refractivity contribution in [3.63, 3.8) is 0 Å². The number of aromatic nitrogens is 2. The molecule has 1 aromatic heterocycles. The lowest BCUT2D eigenvalue weighted by Crippen LogP contribution is -2.09. The zero-order valence-corrected chi connectivity index (χ0v) is 13.8. The van der Waals surface area contributed by atoms with Crippen LogP contribution in [0.3, 0.4) is 0 Å². The lowest BCUT2D eigenvalue weighted by Gasteiger charge is -2.13. The van der Waals surface area contributed by atoms with E-state index in [0.717, 1.165) is 37.3 Å². The van der Waals surface area contributed by atoms with Gasteiger partial charge in [0.25, 0.3) is 0 Å². The summed E-state index contributed by atoms with van der Waals surface area (Å²) >= 11 is 0. The third-order valence-corrected chi connectivity index (χ3v) is 4.64. The van der Waals surface area contributed by atoms with Gasteiger partial charge >= 0.3 is 0 Å². The Kier molecular flexibility index (Phi) is 5.49. The average Bonchev–Trinajstić information content (AvgIpc) is 3.18. The van der Waals surface area contributed by atoms with Crippen LogP contribution in [0.5, 0.6) is 0 Å². The SMILES string of the molecule is CCCCCCCCn1c(C2CCCO2)nc2ccccc21. The Labute approximate surface area is 133 Å². The third-order valence-electron chi connectivity index (χ3n) is 4.64. The second-order valence-electron chi connectivity index (χ2n) is 6.38. The highest BCUT2D eigenvalue weighted by Crippen LogP contribution is 2.30. The van der Waals surface area contributed by atoms with Crippen LogP contribution >= 0.6 is 0 Å². The maximum Gasteiger partial charge on any atom is 0.139 e. The number of rotatable bonds is 8. The first-order valence-electron chi connectivity index (χ1n) is 8.97. The van der Waals surface area contributed by atoms with Gasteiger partial charge in [0.1, 0.15) is 11.9 Å². The highest BCUT2D eigenvalue weighted by molar-refractivity contribution is 5.76. The Balaban J connectivity index is 1.70. The minimum atomic E-state index is 0.201. The van der Waals surface area contributed by atoms with Gasteiger partial charge in [0.2, 0.25) is 0 Å². The highest BCUT2D eigenvalue weighted by atomic mass is 16.5. The van der Waals surface area contributed by atoms with E-state index < -0.39 is 0 Å². The van der Waals surface area contributed by atoms with Crippen LogP contribution in [0.25, 0.3) is 11.0 Å². The van der Waals surface area contributed by atoms with Gasteiger partial charge in [0.05, 0.1) is 11.0 Å². The van der Waals surface area contributed by atoms with E-state index in [4.69, 9.17) is 9.72 Å². The molecule has 3 rings (SSSR count). The number of unbranched alkanes of at least 4 members (excludes halogenated alkanes) is 5. The monoisotopic (exact) mass is 300 g/mol. The smallest absolute Gasteiger partial charge is 0.139 e. The number of aryl methyl sites for hydroxylation is 1. The molecule has 0 radical (unpaired) electrons. The minimum Gasteiger partial charge on any atom is -0.370 e. The van der Waals surface area contributed by atoms with Gasteiger partial charge in [0.15, 0.2) is 0 Å². The maximum absolute atomic E-state index is 5.89. The van der Waals surface area contributed by atoms with E-state index in [1.54, 1.807) is 0 Å². The number of fused-ring (bicyclic) bond motifs is 1. The largest absolute Gasteiger partial charge is 0.370 e. The van der Waals surface area contributed by atoms with Crippen LogP contribution in [0, 0.1) is 0 Å². The topological polar surface area (TPSA) is 27.1 Å². The Morgan fingerprint density at radius 3 is 2.77 bits per heavy atom. The molecule has 1 aliphatic rings. The fourth-order valence-electron chi connectivity index (χ4n) is 3.41. The molecular weight excluding hydrogens is 272 g/mol. The van der Waals surface area contributed by atoms with Crippen molar-refractivity contribution in [2.75, 3.05) is 6.61 Å². The molecule has 2 aromatic rings. The Morgan fingerprint density at radius 2 is 1.95 bits per heavy atom. The molecule has 0 amide bonds. The molecule has 3 nitrogen and oxygen atoms in total. The minimum absolute atomic E-state index is 0.201. The predicted octanol–water partition coefficient (Wildman–Crippen LogP) is 5.25. The number of imidazole rings is 1. The summed E-state index contributed by atoms with van der Waals surface area (Å²) in [4.78, 5) is 4.86. The molecule has 1 unspecified atom stereocenters. The summed E-state index contributed by atoms with van der Waals surface area (Å²) in [6, 6.07) is 8.49. The normalized spacial score (nSPS) is 18.3. The van der Waals surface area contributed by atoms with Crippen molar-refractivity contribution >= 4 is 11.0 Å². The quantitative estimate of drug-likeness (QED) is 0.623. The fraction of sp³-hybridized carbons (Fsp3) is 0.632. The van der Waals surface area contributed by atoms with Crippen LogP contribution in [-0.2, 0) is 11.3 Å². The van der Waals surface area contributed by atoms with Crippen LogP contribution in [0.4, 0.5) is 0 Å². The van der Waals surface area contributed by atoms with E-state index >= 15 is 0 Å². The van der Waals surface area contributed by atoms with E-state index in [-0.39, 0.29) is 6.10 Å². The van der Waals surface area contributed by atoms with Crippen molar-refractivity contribution in [1.82, 2.24) is 9.55 Å². The lowest BCUT2D eigenvalue weighted by molar-refractivity contribution is 0.102. The van der Waals surface area contributed by atoms with Gasteiger partial charge in [0, 0.05) is 13.2 Å². The summed E-state index contributed by atoms with van der Waals surface area (Å²) in [5.74, 6) is 1.15. The molecule has 2 heterocycles. The number of benzene rings is 1. The van der Waals surface area contributed by atoms with Crippen molar-refractivity contribution < 1.29 is 4.74 Å². The number of hydrogen-bond acceptors (Lipinski definition) is 2. The standard InChI is InChI=1S/C19H28N2O/c1-2-3-4-5-6-9-14-21-17-12-8-7-11-16(17)20-19(21)18-13-10-15-22-18/h7-8,11-12,18H,2-6,9-10,13-15H2,1H3. The Bertz CT molecular complexity index is 584. The summed E-state index contributed by atoms with van der Waals surface area (Å²) in [6.07, 6.45) is 10.4. The molecule has 22 heavy (non-hydrogen) atoms. The molecule has 1 atom stereocenters. The summed E-state index contributed by atoms with van der Waals surface area (Å²) < 4.78 is 8.29. The summed E-state index contributed by atoms with van der Waals surface area (Å²) in [5, 5.41) is 0. The van der Waals surface area contributed by atoms with Gasteiger partial charge in [-0.15, -0.1) is 0 Å². The van der Waals surface area contributed by atoms with E-state index in [1.807, 2.05) is 0 Å². The third kappa shape index (κ3) is 3.52. The zero-order chi connectivity index (χ0) is 15.2. The first-order valence-corrected chi connectivity index (χ1v) is 8.97. The molecule has 1 aromatic carbocycles.